The van der Waals surface area contributed by atoms with Crippen molar-refractivity contribution in [3.05, 3.63) is 59.7 Å². The number of nitrogens with zero attached hydrogens (tertiary/aromatic N) is 1. The highest BCUT2D eigenvalue weighted by atomic mass is 19.1. The molecule has 0 N–H and O–H groups in total. The highest BCUT2D eigenvalue weighted by Crippen LogP contribution is 2.21. The summed E-state index contributed by atoms with van der Waals surface area (Å²) in [5.74, 6) is -1.36. The molecule has 0 aliphatic heterocycles. The standard InChI is InChI=1S/C16H13F2NO2/c17-13-6-3-7-14(18)16(13)21-10-4-9-20-15-8-2-1-5-12(15)11-19/h1-3,5-8H,4,9-10H2. The Labute approximate surface area is 121 Å². The molecule has 0 radical (unpaired) electrons. The van der Waals surface area contributed by atoms with Gasteiger partial charge in [0.15, 0.2) is 17.4 Å². The summed E-state index contributed by atoms with van der Waals surface area (Å²) < 4.78 is 37.1. The first-order chi connectivity index (χ1) is 10.2. The van der Waals surface area contributed by atoms with Crippen LogP contribution < -0.4 is 9.47 Å². The Morgan fingerprint density at radius 1 is 0.905 bits per heavy atom. The number of halogens is 2. The van der Waals surface area contributed by atoms with Gasteiger partial charge in [0.2, 0.25) is 0 Å². The molecule has 0 fully saturated rings. The highest BCUT2D eigenvalue weighted by Gasteiger charge is 2.09. The van der Waals surface area contributed by atoms with Crippen molar-refractivity contribution in [3.8, 4) is 17.6 Å². The molecule has 2 rings (SSSR count). The zero-order valence-corrected chi connectivity index (χ0v) is 11.2. The average molecular weight is 289 g/mol. The molecule has 0 aromatic heterocycles. The summed E-state index contributed by atoms with van der Waals surface area (Å²) in [7, 11) is 0. The smallest absolute Gasteiger partial charge is 0.190 e. The largest absolute Gasteiger partial charge is 0.492 e. The third-order valence-electron chi connectivity index (χ3n) is 2.72. The van der Waals surface area contributed by atoms with Gasteiger partial charge in [0, 0.05) is 6.42 Å². The number of nitriles is 1. The van der Waals surface area contributed by atoms with Crippen molar-refractivity contribution in [2.24, 2.45) is 0 Å². The summed E-state index contributed by atoms with van der Waals surface area (Å²) >= 11 is 0. The normalized spacial score (nSPS) is 9.95. The fourth-order valence-corrected chi connectivity index (χ4v) is 1.72. The van der Waals surface area contributed by atoms with Crippen LogP contribution in [0.15, 0.2) is 42.5 Å². The first-order valence-corrected chi connectivity index (χ1v) is 6.41. The maximum absolute atomic E-state index is 13.3. The van der Waals surface area contributed by atoms with Crippen molar-refractivity contribution in [1.29, 1.82) is 5.26 Å². The van der Waals surface area contributed by atoms with Gasteiger partial charge in [0.25, 0.3) is 0 Å². The molecule has 0 unspecified atom stereocenters. The van der Waals surface area contributed by atoms with E-state index in [1.54, 1.807) is 24.3 Å². The molecule has 21 heavy (non-hydrogen) atoms. The molecule has 5 heteroatoms. The van der Waals surface area contributed by atoms with Gasteiger partial charge >= 0.3 is 0 Å². The Morgan fingerprint density at radius 2 is 1.57 bits per heavy atom. The molecule has 0 aliphatic rings. The fourth-order valence-electron chi connectivity index (χ4n) is 1.72. The van der Waals surface area contributed by atoms with Gasteiger partial charge < -0.3 is 9.47 Å². The number of ether oxygens (including phenoxy) is 2. The van der Waals surface area contributed by atoms with E-state index in [0.29, 0.717) is 17.7 Å². The lowest BCUT2D eigenvalue weighted by atomic mass is 10.2. The van der Waals surface area contributed by atoms with Crippen LogP contribution in [0.25, 0.3) is 0 Å². The van der Waals surface area contributed by atoms with Crippen LogP contribution in [0.5, 0.6) is 11.5 Å². The minimum atomic E-state index is -0.731. The first kappa shape index (κ1) is 14.8. The van der Waals surface area contributed by atoms with Gasteiger partial charge in [-0.2, -0.15) is 5.26 Å². The van der Waals surface area contributed by atoms with Gasteiger partial charge in [-0.1, -0.05) is 18.2 Å². The van der Waals surface area contributed by atoms with Crippen molar-refractivity contribution in [2.45, 2.75) is 6.42 Å². The van der Waals surface area contributed by atoms with Crippen LogP contribution in [-0.2, 0) is 0 Å². The number of hydrogen-bond donors (Lipinski definition) is 0. The predicted molar refractivity (Wildman–Crippen MR) is 73.1 cm³/mol. The van der Waals surface area contributed by atoms with E-state index in [2.05, 4.69) is 0 Å². The average Bonchev–Trinajstić information content (AvgIpc) is 2.50. The molecule has 2 aromatic rings. The zero-order chi connectivity index (χ0) is 15.1. The van der Waals surface area contributed by atoms with Gasteiger partial charge in [-0.15, -0.1) is 0 Å². The van der Waals surface area contributed by atoms with Crippen LogP contribution in [0.3, 0.4) is 0 Å². The first-order valence-electron chi connectivity index (χ1n) is 6.41. The Hall–Kier alpha value is -2.61. The second kappa shape index (κ2) is 7.25. The molecular weight excluding hydrogens is 276 g/mol. The Kier molecular flexibility index (Phi) is 5.10. The molecule has 0 saturated heterocycles. The van der Waals surface area contributed by atoms with E-state index < -0.39 is 11.6 Å². The molecule has 3 nitrogen and oxygen atoms in total. The summed E-state index contributed by atoms with van der Waals surface area (Å²) in [5.41, 5.74) is 0.443. The summed E-state index contributed by atoms with van der Waals surface area (Å²) in [6.45, 7) is 0.404. The molecular formula is C16H13F2NO2. The molecule has 0 heterocycles. The number of hydrogen-bond acceptors (Lipinski definition) is 3. The van der Waals surface area contributed by atoms with Gasteiger partial charge in [0.05, 0.1) is 18.8 Å². The van der Waals surface area contributed by atoms with E-state index in [-0.39, 0.29) is 19.0 Å². The Balaban J connectivity index is 1.79. The number of rotatable bonds is 6. The van der Waals surface area contributed by atoms with Crippen molar-refractivity contribution in [1.82, 2.24) is 0 Å². The van der Waals surface area contributed by atoms with Crippen LogP contribution in [0, 0.1) is 23.0 Å². The maximum Gasteiger partial charge on any atom is 0.190 e. The molecule has 2 aromatic carbocycles. The lowest BCUT2D eigenvalue weighted by Crippen LogP contribution is -2.07. The molecule has 0 bridgehead atoms. The number of benzene rings is 2. The van der Waals surface area contributed by atoms with Crippen molar-refractivity contribution in [3.63, 3.8) is 0 Å². The third kappa shape index (κ3) is 3.93. The second-order valence-electron chi connectivity index (χ2n) is 4.21. The summed E-state index contributed by atoms with van der Waals surface area (Å²) in [4.78, 5) is 0. The van der Waals surface area contributed by atoms with Crippen molar-refractivity contribution >= 4 is 0 Å². The van der Waals surface area contributed by atoms with Crippen LogP contribution in [0.2, 0.25) is 0 Å². The van der Waals surface area contributed by atoms with Crippen LogP contribution in [0.1, 0.15) is 12.0 Å². The van der Waals surface area contributed by atoms with Crippen LogP contribution in [-0.4, -0.2) is 13.2 Å². The third-order valence-corrected chi connectivity index (χ3v) is 2.72. The molecule has 0 spiro atoms. The molecule has 0 saturated carbocycles. The summed E-state index contributed by atoms with van der Waals surface area (Å²) in [6, 6.07) is 12.4. The lowest BCUT2D eigenvalue weighted by Gasteiger charge is -2.09. The van der Waals surface area contributed by atoms with Gasteiger partial charge in [-0.25, -0.2) is 8.78 Å². The minimum absolute atomic E-state index is 0.118. The molecule has 0 aliphatic carbocycles. The van der Waals surface area contributed by atoms with Crippen molar-refractivity contribution < 1.29 is 18.3 Å². The fraction of sp³-hybridized carbons (Fsp3) is 0.188. The second-order valence-corrected chi connectivity index (χ2v) is 4.21. The lowest BCUT2D eigenvalue weighted by molar-refractivity contribution is 0.234. The Bertz CT molecular complexity index is 633. The summed E-state index contributed by atoms with van der Waals surface area (Å²) in [5, 5.41) is 8.89. The van der Waals surface area contributed by atoms with E-state index in [9.17, 15) is 8.78 Å². The monoisotopic (exact) mass is 289 g/mol. The van der Waals surface area contributed by atoms with E-state index >= 15 is 0 Å². The minimum Gasteiger partial charge on any atom is -0.492 e. The van der Waals surface area contributed by atoms with E-state index in [4.69, 9.17) is 14.7 Å². The number of para-hydroxylation sites is 2. The SMILES string of the molecule is N#Cc1ccccc1OCCCOc1c(F)cccc1F. The van der Waals surface area contributed by atoms with Crippen LogP contribution in [0.4, 0.5) is 8.78 Å². The molecule has 0 atom stereocenters. The van der Waals surface area contributed by atoms with Gasteiger partial charge in [-0.05, 0) is 24.3 Å². The van der Waals surface area contributed by atoms with Gasteiger partial charge in [-0.3, -0.25) is 0 Å². The van der Waals surface area contributed by atoms with E-state index in [0.717, 1.165) is 12.1 Å². The topological polar surface area (TPSA) is 42.2 Å². The Morgan fingerprint density at radius 3 is 2.29 bits per heavy atom. The van der Waals surface area contributed by atoms with E-state index in [1.807, 2.05) is 6.07 Å². The molecule has 0 amide bonds. The summed E-state index contributed by atoms with van der Waals surface area (Å²) in [6.07, 6.45) is 0.438. The van der Waals surface area contributed by atoms with Gasteiger partial charge in [0.1, 0.15) is 11.8 Å². The maximum atomic E-state index is 13.3. The molecule has 108 valence electrons. The predicted octanol–water partition coefficient (Wildman–Crippen LogP) is 3.68. The van der Waals surface area contributed by atoms with Crippen LogP contribution >= 0.6 is 0 Å². The van der Waals surface area contributed by atoms with Crippen molar-refractivity contribution in [2.75, 3.05) is 13.2 Å². The highest BCUT2D eigenvalue weighted by molar-refractivity contribution is 5.42. The van der Waals surface area contributed by atoms with E-state index in [1.165, 1.54) is 6.07 Å². The quantitative estimate of drug-likeness (QED) is 0.762. The zero-order valence-electron chi connectivity index (χ0n) is 11.2.